The largest absolute Gasteiger partial charge is 0.454 e. The van der Waals surface area contributed by atoms with E-state index in [1.807, 2.05) is 32.9 Å². The summed E-state index contributed by atoms with van der Waals surface area (Å²) in [6, 6.07) is 8.90. The fraction of sp³-hybridized carbons (Fsp3) is 0.368. The minimum Gasteiger partial charge on any atom is -0.454 e. The zero-order valence-electron chi connectivity index (χ0n) is 14.8. The number of ketones is 1. The molecule has 0 bridgehead atoms. The topological polar surface area (TPSA) is 57.5 Å². The molecule has 134 valence electrons. The van der Waals surface area contributed by atoms with Crippen molar-refractivity contribution in [1.29, 1.82) is 0 Å². The summed E-state index contributed by atoms with van der Waals surface area (Å²) in [4.78, 5) is 24.6. The second kappa shape index (κ2) is 8.45. The van der Waals surface area contributed by atoms with Crippen molar-refractivity contribution < 1.29 is 19.1 Å². The monoisotopic (exact) mass is 407 g/mol. The highest BCUT2D eigenvalue weighted by molar-refractivity contribution is 9.10. The van der Waals surface area contributed by atoms with Crippen LogP contribution in [0.2, 0.25) is 0 Å². The number of hydrogen-bond acceptors (Lipinski definition) is 4. The van der Waals surface area contributed by atoms with Crippen molar-refractivity contribution in [3.63, 3.8) is 0 Å². The van der Waals surface area contributed by atoms with Gasteiger partial charge in [0.1, 0.15) is 0 Å². The minimum atomic E-state index is -0.526. The second-order valence-corrected chi connectivity index (χ2v) is 6.79. The van der Waals surface area contributed by atoms with Crippen LogP contribution in [0.3, 0.4) is 0 Å². The Hall–Kier alpha value is -1.92. The molecule has 0 aliphatic heterocycles. The van der Waals surface area contributed by atoms with Crippen molar-refractivity contribution in [3.8, 4) is 0 Å². The molecule has 1 heterocycles. The lowest BCUT2D eigenvalue weighted by Crippen LogP contribution is -2.17. The second-order valence-electron chi connectivity index (χ2n) is 5.94. The molecule has 0 radical (unpaired) electrons. The number of benzene rings is 1. The van der Waals surface area contributed by atoms with E-state index in [1.165, 1.54) is 0 Å². The van der Waals surface area contributed by atoms with Crippen molar-refractivity contribution >= 4 is 27.7 Å². The molecule has 0 aliphatic carbocycles. The molecule has 2 rings (SSSR count). The first kappa shape index (κ1) is 19.4. The zero-order valence-corrected chi connectivity index (χ0v) is 16.4. The summed E-state index contributed by atoms with van der Waals surface area (Å²) in [5.41, 5.74) is 2.79. The number of hydrogen-bond donors (Lipinski definition) is 0. The predicted octanol–water partition coefficient (Wildman–Crippen LogP) is 4.11. The maximum Gasteiger partial charge on any atom is 0.339 e. The van der Waals surface area contributed by atoms with Crippen LogP contribution in [0.15, 0.2) is 34.8 Å². The molecule has 1 atom stereocenters. The van der Waals surface area contributed by atoms with Crippen molar-refractivity contribution in [2.24, 2.45) is 0 Å². The molecule has 0 amide bonds. The number of carbonyl (C=O) groups is 2. The summed E-state index contributed by atoms with van der Waals surface area (Å²) >= 11 is 3.30. The van der Waals surface area contributed by atoms with E-state index >= 15 is 0 Å². The van der Waals surface area contributed by atoms with E-state index in [4.69, 9.17) is 9.47 Å². The Morgan fingerprint density at radius 1 is 1.20 bits per heavy atom. The fourth-order valence-electron chi connectivity index (χ4n) is 2.97. The van der Waals surface area contributed by atoms with E-state index in [-0.39, 0.29) is 18.4 Å². The van der Waals surface area contributed by atoms with Gasteiger partial charge in [-0.2, -0.15) is 0 Å². The van der Waals surface area contributed by atoms with Gasteiger partial charge in [0.25, 0.3) is 0 Å². The summed E-state index contributed by atoms with van der Waals surface area (Å²) < 4.78 is 13.1. The van der Waals surface area contributed by atoms with Gasteiger partial charge in [-0.15, -0.1) is 0 Å². The van der Waals surface area contributed by atoms with Crippen LogP contribution in [0, 0.1) is 13.8 Å². The first-order chi connectivity index (χ1) is 11.9. The van der Waals surface area contributed by atoms with Crippen LogP contribution < -0.4 is 0 Å². The summed E-state index contributed by atoms with van der Waals surface area (Å²) in [6.45, 7) is 6.14. The molecule has 0 aliphatic rings. The van der Waals surface area contributed by atoms with Crippen LogP contribution in [0.4, 0.5) is 0 Å². The lowest BCUT2D eigenvalue weighted by Gasteiger charge is -2.17. The minimum absolute atomic E-state index is 0.120. The first-order valence-electron chi connectivity index (χ1n) is 7.99. The standard InChI is InChI=1S/C19H22BrNO4/c1-12-9-16(14(3)21(12)13(2)10-24-4)18(22)11-25-19(23)15-7-5-6-8-17(15)20/h5-9,13H,10-11H2,1-4H3/t13-/m0/s1. The van der Waals surface area contributed by atoms with Crippen molar-refractivity contribution in [2.45, 2.75) is 26.8 Å². The Morgan fingerprint density at radius 2 is 1.88 bits per heavy atom. The normalized spacial score (nSPS) is 12.0. The Labute approximate surface area is 156 Å². The third kappa shape index (κ3) is 4.38. The number of esters is 1. The molecule has 0 saturated carbocycles. The summed E-state index contributed by atoms with van der Waals surface area (Å²) in [6.07, 6.45) is 0. The average Bonchev–Trinajstić information content (AvgIpc) is 2.87. The molecule has 0 unspecified atom stereocenters. The number of Topliss-reactive ketones (excluding diaryl/α,β-unsaturated/α-hetero) is 1. The summed E-state index contributed by atoms with van der Waals surface area (Å²) in [7, 11) is 1.65. The van der Waals surface area contributed by atoms with Crippen LogP contribution in [0.1, 0.15) is 45.1 Å². The van der Waals surface area contributed by atoms with Gasteiger partial charge in [0.05, 0.1) is 18.2 Å². The first-order valence-corrected chi connectivity index (χ1v) is 8.78. The van der Waals surface area contributed by atoms with E-state index in [0.29, 0.717) is 22.2 Å². The molecular formula is C19H22BrNO4. The molecule has 1 aromatic heterocycles. The third-order valence-electron chi connectivity index (χ3n) is 4.06. The number of halogens is 1. The summed E-state index contributed by atoms with van der Waals surface area (Å²) in [5, 5.41) is 0. The molecule has 25 heavy (non-hydrogen) atoms. The van der Waals surface area contributed by atoms with Gasteiger partial charge in [0.2, 0.25) is 5.78 Å². The Balaban J connectivity index is 2.10. The maximum atomic E-state index is 12.5. The smallest absolute Gasteiger partial charge is 0.339 e. The van der Waals surface area contributed by atoms with Gasteiger partial charge < -0.3 is 14.0 Å². The van der Waals surface area contributed by atoms with E-state index in [0.717, 1.165) is 11.4 Å². The Bertz CT molecular complexity index is 782. The number of aryl methyl sites for hydroxylation is 1. The van der Waals surface area contributed by atoms with E-state index < -0.39 is 5.97 Å². The number of ether oxygens (including phenoxy) is 2. The van der Waals surface area contributed by atoms with Gasteiger partial charge in [0.15, 0.2) is 6.61 Å². The Kier molecular flexibility index (Phi) is 6.56. The van der Waals surface area contributed by atoms with E-state index in [1.54, 1.807) is 25.3 Å². The molecule has 0 N–H and O–H groups in total. The molecule has 0 fully saturated rings. The third-order valence-corrected chi connectivity index (χ3v) is 4.75. The van der Waals surface area contributed by atoms with Gasteiger partial charge in [0, 0.05) is 28.5 Å². The number of methoxy groups -OCH3 is 1. The van der Waals surface area contributed by atoms with Gasteiger partial charge in [-0.3, -0.25) is 4.79 Å². The molecular weight excluding hydrogens is 386 g/mol. The molecule has 2 aromatic rings. The number of carbonyl (C=O) groups excluding carboxylic acids is 2. The van der Waals surface area contributed by atoms with Crippen LogP contribution in [-0.4, -0.2) is 36.6 Å². The van der Waals surface area contributed by atoms with Crippen LogP contribution in [0.5, 0.6) is 0 Å². The van der Waals surface area contributed by atoms with Crippen molar-refractivity contribution in [1.82, 2.24) is 4.57 Å². The molecule has 5 nitrogen and oxygen atoms in total. The van der Waals surface area contributed by atoms with Crippen molar-refractivity contribution in [3.05, 3.63) is 57.3 Å². The van der Waals surface area contributed by atoms with E-state index in [9.17, 15) is 9.59 Å². The highest BCUT2D eigenvalue weighted by Gasteiger charge is 2.20. The highest BCUT2D eigenvalue weighted by Crippen LogP contribution is 2.22. The SMILES string of the molecule is COC[C@H](C)n1c(C)cc(C(=O)COC(=O)c2ccccc2Br)c1C. The quantitative estimate of drug-likeness (QED) is 0.511. The lowest BCUT2D eigenvalue weighted by atomic mass is 10.1. The van der Waals surface area contributed by atoms with Gasteiger partial charge >= 0.3 is 5.97 Å². The lowest BCUT2D eigenvalue weighted by molar-refractivity contribution is 0.0473. The molecule has 6 heteroatoms. The summed E-state index contributed by atoms with van der Waals surface area (Å²) in [5.74, 6) is -0.744. The van der Waals surface area contributed by atoms with Crippen LogP contribution in [-0.2, 0) is 9.47 Å². The molecule has 0 saturated heterocycles. The number of nitrogens with zero attached hydrogens (tertiary/aromatic N) is 1. The van der Waals surface area contributed by atoms with Crippen LogP contribution >= 0.6 is 15.9 Å². The Morgan fingerprint density at radius 3 is 2.52 bits per heavy atom. The van der Waals surface area contributed by atoms with Crippen molar-refractivity contribution in [2.75, 3.05) is 20.3 Å². The van der Waals surface area contributed by atoms with Crippen LogP contribution in [0.25, 0.3) is 0 Å². The van der Waals surface area contributed by atoms with Gasteiger partial charge in [-0.25, -0.2) is 4.79 Å². The molecule has 0 spiro atoms. The molecule has 1 aromatic carbocycles. The van der Waals surface area contributed by atoms with Gasteiger partial charge in [-0.1, -0.05) is 12.1 Å². The average molecular weight is 408 g/mol. The zero-order chi connectivity index (χ0) is 18.6. The predicted molar refractivity (Wildman–Crippen MR) is 99.2 cm³/mol. The maximum absolute atomic E-state index is 12.5. The highest BCUT2D eigenvalue weighted by atomic mass is 79.9. The number of rotatable bonds is 7. The van der Waals surface area contributed by atoms with Gasteiger partial charge in [-0.05, 0) is 54.9 Å². The number of aromatic nitrogens is 1. The fourth-order valence-corrected chi connectivity index (χ4v) is 3.41. The van der Waals surface area contributed by atoms with E-state index in [2.05, 4.69) is 20.5 Å².